The summed E-state index contributed by atoms with van der Waals surface area (Å²) < 4.78 is 15.0. The van der Waals surface area contributed by atoms with Crippen LogP contribution in [-0.4, -0.2) is 28.2 Å². The third kappa shape index (κ3) is 4.25. The lowest BCUT2D eigenvalue weighted by Gasteiger charge is -2.11. The largest absolute Gasteiger partial charge is 0.385 e. The summed E-state index contributed by atoms with van der Waals surface area (Å²) in [5.41, 5.74) is 8.55. The lowest BCUT2D eigenvalue weighted by atomic mass is 9.96. The Labute approximate surface area is 211 Å². The van der Waals surface area contributed by atoms with Crippen LogP contribution in [0.3, 0.4) is 0 Å². The minimum Gasteiger partial charge on any atom is -0.385 e. The summed E-state index contributed by atoms with van der Waals surface area (Å²) in [6.45, 7) is 0.303. The number of H-pyrrole nitrogens is 2. The number of aromatic nitrogens is 2. The first-order chi connectivity index (χ1) is 17.5. The third-order valence-corrected chi connectivity index (χ3v) is 6.40. The van der Waals surface area contributed by atoms with E-state index < -0.39 is 17.5 Å². The molecule has 180 valence electrons. The first kappa shape index (κ1) is 23.4. The molecule has 0 saturated carbocycles. The van der Waals surface area contributed by atoms with Gasteiger partial charge in [-0.25, -0.2) is 4.39 Å². The highest BCUT2D eigenvalue weighted by Crippen LogP contribution is 2.39. The number of nitrogens with one attached hydrogen (secondary N) is 3. The fraction of sp³-hybridized carbons (Fsp3) is 0.0714. The summed E-state index contributed by atoms with van der Waals surface area (Å²) in [6.07, 6.45) is 2.47. The van der Waals surface area contributed by atoms with E-state index in [1.165, 1.54) is 18.2 Å². The third-order valence-electron chi connectivity index (χ3n) is 6.09. The van der Waals surface area contributed by atoms with Gasteiger partial charge in [-0.1, -0.05) is 66.2 Å². The number of ketones is 1. The summed E-state index contributed by atoms with van der Waals surface area (Å²) in [6, 6.07) is 20.5. The van der Waals surface area contributed by atoms with E-state index in [9.17, 15) is 9.59 Å². The number of hydrogen-bond acceptors (Lipinski definition) is 3. The van der Waals surface area contributed by atoms with E-state index in [0.29, 0.717) is 18.5 Å². The zero-order valence-electron chi connectivity index (χ0n) is 19.1. The van der Waals surface area contributed by atoms with E-state index in [2.05, 4.69) is 15.3 Å². The Morgan fingerprint density at radius 3 is 2.47 bits per heavy atom. The molecule has 0 aliphatic carbocycles. The van der Waals surface area contributed by atoms with Crippen LogP contribution in [0.2, 0.25) is 5.02 Å². The maximum absolute atomic E-state index is 15.0. The molecule has 5 N–H and O–H groups in total. The van der Waals surface area contributed by atoms with Crippen molar-refractivity contribution < 1.29 is 14.0 Å². The zero-order chi connectivity index (χ0) is 25.2. The molecule has 0 radical (unpaired) electrons. The normalized spacial score (nSPS) is 11.1. The molecule has 3 aromatic carbocycles. The fourth-order valence-corrected chi connectivity index (χ4v) is 4.64. The number of amides is 1. The predicted octanol–water partition coefficient (Wildman–Crippen LogP) is 5.74. The monoisotopic (exact) mass is 500 g/mol. The van der Waals surface area contributed by atoms with Crippen LogP contribution in [0.4, 0.5) is 10.2 Å². The number of nitrogen functional groups attached to an aromatic ring is 1. The maximum Gasteiger partial charge on any atom is 0.255 e. The smallest absolute Gasteiger partial charge is 0.255 e. The van der Waals surface area contributed by atoms with Gasteiger partial charge >= 0.3 is 0 Å². The summed E-state index contributed by atoms with van der Waals surface area (Å²) >= 11 is 6.36. The van der Waals surface area contributed by atoms with Gasteiger partial charge in [0.15, 0.2) is 0 Å². The molecular formula is C28H22ClFN4O2. The Hall–Kier alpha value is -4.36. The van der Waals surface area contributed by atoms with E-state index in [1.807, 2.05) is 30.5 Å². The second kappa shape index (κ2) is 9.71. The number of carbonyl (C=O) groups excluding carboxylic acids is 2. The summed E-state index contributed by atoms with van der Waals surface area (Å²) in [4.78, 5) is 32.7. The molecule has 0 atom stereocenters. The lowest BCUT2D eigenvalue weighted by Crippen LogP contribution is -2.26. The lowest BCUT2D eigenvalue weighted by molar-refractivity contribution is 0.0955. The molecule has 0 aliphatic rings. The first-order valence-corrected chi connectivity index (χ1v) is 11.7. The number of para-hydroxylation sites is 1. The predicted molar refractivity (Wildman–Crippen MR) is 140 cm³/mol. The Kier molecular flexibility index (Phi) is 6.31. The quantitative estimate of drug-likeness (QED) is 0.214. The van der Waals surface area contributed by atoms with E-state index in [0.717, 1.165) is 16.5 Å². The number of hydrogen-bond donors (Lipinski definition) is 4. The van der Waals surface area contributed by atoms with Crippen LogP contribution in [0.15, 0.2) is 79.0 Å². The minimum absolute atomic E-state index is 0.00696. The van der Waals surface area contributed by atoms with Crippen molar-refractivity contribution in [2.75, 3.05) is 12.3 Å². The average molecular weight is 501 g/mol. The van der Waals surface area contributed by atoms with Gasteiger partial charge in [-0.2, -0.15) is 0 Å². The Bertz CT molecular complexity index is 1570. The number of nitrogens with two attached hydrogens (primary N) is 1. The zero-order valence-corrected chi connectivity index (χ0v) is 19.8. The van der Waals surface area contributed by atoms with E-state index in [4.69, 9.17) is 17.3 Å². The molecule has 6 nitrogen and oxygen atoms in total. The molecule has 0 fully saturated rings. The number of carbonyl (C=O) groups is 2. The van der Waals surface area contributed by atoms with Gasteiger partial charge in [0.2, 0.25) is 5.78 Å². The van der Waals surface area contributed by atoms with Crippen molar-refractivity contribution in [3.05, 3.63) is 112 Å². The van der Waals surface area contributed by atoms with E-state index in [-0.39, 0.29) is 33.2 Å². The molecule has 0 bridgehead atoms. The van der Waals surface area contributed by atoms with Crippen LogP contribution in [0, 0.1) is 5.82 Å². The van der Waals surface area contributed by atoms with E-state index in [1.54, 1.807) is 30.3 Å². The van der Waals surface area contributed by atoms with Gasteiger partial charge in [-0.15, -0.1) is 0 Å². The molecule has 36 heavy (non-hydrogen) atoms. The molecule has 5 aromatic rings. The van der Waals surface area contributed by atoms with Crippen molar-refractivity contribution >= 4 is 40.0 Å². The van der Waals surface area contributed by atoms with Crippen molar-refractivity contribution in [1.29, 1.82) is 0 Å². The van der Waals surface area contributed by atoms with Crippen molar-refractivity contribution in [2.45, 2.75) is 6.42 Å². The van der Waals surface area contributed by atoms with Crippen LogP contribution in [0.5, 0.6) is 0 Å². The average Bonchev–Trinajstić information content (AvgIpc) is 3.45. The van der Waals surface area contributed by atoms with Crippen LogP contribution >= 0.6 is 11.6 Å². The van der Waals surface area contributed by atoms with Crippen molar-refractivity contribution in [2.24, 2.45) is 0 Å². The second-order valence-electron chi connectivity index (χ2n) is 8.32. The topological polar surface area (TPSA) is 104 Å². The Morgan fingerprint density at radius 1 is 0.944 bits per heavy atom. The van der Waals surface area contributed by atoms with Crippen molar-refractivity contribution in [3.63, 3.8) is 0 Å². The highest BCUT2D eigenvalue weighted by molar-refractivity contribution is 6.34. The van der Waals surface area contributed by atoms with Crippen LogP contribution < -0.4 is 11.1 Å². The summed E-state index contributed by atoms with van der Waals surface area (Å²) in [5.74, 6) is -1.69. The number of rotatable bonds is 7. The molecular weight excluding hydrogens is 479 g/mol. The van der Waals surface area contributed by atoms with Gasteiger partial charge < -0.3 is 21.0 Å². The van der Waals surface area contributed by atoms with Gasteiger partial charge in [0.1, 0.15) is 11.6 Å². The second-order valence-corrected chi connectivity index (χ2v) is 8.73. The SMILES string of the molecule is Nc1[nH]c(C(=O)c2ccccc2)c(-c2c(F)cccc2Cl)c1C(=O)NCCc1c[nH]c2ccccc12. The van der Waals surface area contributed by atoms with Gasteiger partial charge in [0, 0.05) is 40.3 Å². The molecule has 0 saturated heterocycles. The maximum atomic E-state index is 15.0. The van der Waals surface area contributed by atoms with Crippen LogP contribution in [0.25, 0.3) is 22.0 Å². The molecule has 2 heterocycles. The summed E-state index contributed by atoms with van der Waals surface area (Å²) in [7, 11) is 0. The Morgan fingerprint density at radius 2 is 1.69 bits per heavy atom. The molecule has 0 aliphatic heterocycles. The molecule has 2 aromatic heterocycles. The number of benzene rings is 3. The molecule has 8 heteroatoms. The van der Waals surface area contributed by atoms with Gasteiger partial charge in [-0.05, 0) is 30.2 Å². The van der Waals surface area contributed by atoms with Crippen molar-refractivity contribution in [1.82, 2.24) is 15.3 Å². The van der Waals surface area contributed by atoms with Gasteiger partial charge in [0.05, 0.1) is 16.3 Å². The van der Waals surface area contributed by atoms with Crippen molar-refractivity contribution in [3.8, 4) is 11.1 Å². The number of fused-ring (bicyclic) bond motifs is 1. The van der Waals surface area contributed by atoms with E-state index >= 15 is 4.39 Å². The molecule has 1 amide bonds. The molecule has 0 unspecified atom stereocenters. The number of anilines is 1. The number of aromatic amines is 2. The van der Waals surface area contributed by atoms with Gasteiger partial charge in [-0.3, -0.25) is 9.59 Å². The van der Waals surface area contributed by atoms with Crippen LogP contribution in [0.1, 0.15) is 32.0 Å². The van der Waals surface area contributed by atoms with Crippen LogP contribution in [-0.2, 0) is 6.42 Å². The first-order valence-electron chi connectivity index (χ1n) is 11.3. The fourth-order valence-electron chi connectivity index (χ4n) is 4.38. The number of halogens is 2. The molecule has 5 rings (SSSR count). The highest BCUT2D eigenvalue weighted by atomic mass is 35.5. The minimum atomic E-state index is -0.670. The molecule has 0 spiro atoms. The van der Waals surface area contributed by atoms with Gasteiger partial charge in [0.25, 0.3) is 5.91 Å². The Balaban J connectivity index is 1.51. The highest BCUT2D eigenvalue weighted by Gasteiger charge is 2.30. The standard InChI is InChI=1S/C28H22ClFN4O2/c29-19-10-6-11-20(30)22(19)23-24(27(31)34-25(23)26(35)16-7-2-1-3-8-16)28(36)32-14-13-17-15-33-21-12-5-4-9-18(17)21/h1-12,15,33-34H,13-14,31H2,(H,32,36). The summed E-state index contributed by atoms with van der Waals surface area (Å²) in [5, 5.41) is 3.99.